The number of ether oxygens (including phenoxy) is 2. The molecule has 1 aromatic heterocycles. The van der Waals surface area contributed by atoms with E-state index in [-0.39, 0.29) is 6.04 Å². The van der Waals surface area contributed by atoms with E-state index in [1.54, 1.807) is 19.5 Å². The lowest BCUT2D eigenvalue weighted by Crippen LogP contribution is -2.29. The summed E-state index contributed by atoms with van der Waals surface area (Å²) >= 11 is 0. The van der Waals surface area contributed by atoms with Crippen LogP contribution in [0.3, 0.4) is 0 Å². The molecule has 0 amide bonds. The summed E-state index contributed by atoms with van der Waals surface area (Å²) in [6.45, 7) is 2.55. The molecular weight excluding hydrogens is 254 g/mol. The van der Waals surface area contributed by atoms with E-state index in [1.807, 2.05) is 37.3 Å². The fourth-order valence-electron chi connectivity index (χ4n) is 2.08. The molecule has 106 valence electrons. The van der Waals surface area contributed by atoms with Gasteiger partial charge < -0.3 is 9.47 Å². The molecule has 1 atom stereocenters. The van der Waals surface area contributed by atoms with Gasteiger partial charge in [0.05, 0.1) is 26.0 Å². The molecule has 0 aliphatic rings. The van der Waals surface area contributed by atoms with E-state index in [1.165, 1.54) is 0 Å². The van der Waals surface area contributed by atoms with Gasteiger partial charge >= 0.3 is 0 Å². The van der Waals surface area contributed by atoms with Gasteiger partial charge in [0.1, 0.15) is 11.5 Å². The predicted octanol–water partition coefficient (Wildman–Crippen LogP) is 2.04. The third-order valence-electron chi connectivity index (χ3n) is 3.00. The Hall–Kier alpha value is -2.11. The summed E-state index contributed by atoms with van der Waals surface area (Å²) in [4.78, 5) is 4.16. The highest BCUT2D eigenvalue weighted by Crippen LogP contribution is 2.30. The van der Waals surface area contributed by atoms with Crippen molar-refractivity contribution in [3.8, 4) is 11.5 Å². The smallest absolute Gasteiger partial charge is 0.137 e. The SMILES string of the molecule is CCOc1ccccc1C(NN)c1cncc(OC)c1. The van der Waals surface area contributed by atoms with Gasteiger partial charge in [-0.2, -0.15) is 0 Å². The number of nitrogens with two attached hydrogens (primary N) is 1. The molecule has 0 spiro atoms. The fraction of sp³-hybridized carbons (Fsp3) is 0.267. The van der Waals surface area contributed by atoms with Gasteiger partial charge in [-0.15, -0.1) is 0 Å². The largest absolute Gasteiger partial charge is 0.495 e. The molecule has 20 heavy (non-hydrogen) atoms. The molecule has 1 aromatic carbocycles. The molecule has 0 radical (unpaired) electrons. The van der Waals surface area contributed by atoms with Crippen LogP contribution in [0.4, 0.5) is 0 Å². The maximum atomic E-state index is 5.72. The van der Waals surface area contributed by atoms with Gasteiger partial charge in [-0.3, -0.25) is 10.8 Å². The van der Waals surface area contributed by atoms with Gasteiger partial charge in [0.2, 0.25) is 0 Å². The van der Waals surface area contributed by atoms with E-state index in [0.717, 1.165) is 16.9 Å². The predicted molar refractivity (Wildman–Crippen MR) is 77.6 cm³/mol. The summed E-state index contributed by atoms with van der Waals surface area (Å²) in [7, 11) is 1.61. The number of hydrogen-bond acceptors (Lipinski definition) is 5. The molecule has 0 bridgehead atoms. The lowest BCUT2D eigenvalue weighted by Gasteiger charge is -2.20. The molecule has 1 heterocycles. The summed E-state index contributed by atoms with van der Waals surface area (Å²) < 4.78 is 10.9. The second-order valence-corrected chi connectivity index (χ2v) is 4.23. The third kappa shape index (κ3) is 3.07. The lowest BCUT2D eigenvalue weighted by atomic mass is 10.00. The highest BCUT2D eigenvalue weighted by molar-refractivity contribution is 5.42. The topological polar surface area (TPSA) is 69.4 Å². The maximum absolute atomic E-state index is 5.72. The van der Waals surface area contributed by atoms with Gasteiger partial charge in [-0.05, 0) is 24.6 Å². The van der Waals surface area contributed by atoms with Crippen molar-refractivity contribution < 1.29 is 9.47 Å². The number of hydrazine groups is 1. The van der Waals surface area contributed by atoms with Crippen LogP contribution in [-0.2, 0) is 0 Å². The Bertz CT molecular complexity index is 560. The molecule has 5 nitrogen and oxygen atoms in total. The van der Waals surface area contributed by atoms with Crippen LogP contribution < -0.4 is 20.7 Å². The number of methoxy groups -OCH3 is 1. The molecular formula is C15H19N3O2. The average Bonchev–Trinajstić information content (AvgIpc) is 2.50. The molecule has 2 rings (SSSR count). The van der Waals surface area contributed by atoms with Crippen LogP contribution in [0.2, 0.25) is 0 Å². The first-order valence-electron chi connectivity index (χ1n) is 6.47. The average molecular weight is 273 g/mol. The van der Waals surface area contributed by atoms with E-state index < -0.39 is 0 Å². The molecule has 2 aromatic rings. The van der Waals surface area contributed by atoms with E-state index in [2.05, 4.69) is 10.4 Å². The van der Waals surface area contributed by atoms with Gasteiger partial charge in [0, 0.05) is 11.8 Å². The Balaban J connectivity index is 2.41. The van der Waals surface area contributed by atoms with Crippen molar-refractivity contribution in [1.82, 2.24) is 10.4 Å². The van der Waals surface area contributed by atoms with Crippen molar-refractivity contribution in [2.45, 2.75) is 13.0 Å². The lowest BCUT2D eigenvalue weighted by molar-refractivity contribution is 0.333. The van der Waals surface area contributed by atoms with Gasteiger partial charge in [0.15, 0.2) is 0 Å². The number of benzene rings is 1. The van der Waals surface area contributed by atoms with E-state index in [0.29, 0.717) is 12.4 Å². The van der Waals surface area contributed by atoms with Crippen molar-refractivity contribution in [3.63, 3.8) is 0 Å². The second-order valence-electron chi connectivity index (χ2n) is 4.23. The zero-order valence-corrected chi connectivity index (χ0v) is 11.7. The monoisotopic (exact) mass is 273 g/mol. The van der Waals surface area contributed by atoms with Crippen LogP contribution in [0, 0.1) is 0 Å². The molecule has 5 heteroatoms. The molecule has 1 unspecified atom stereocenters. The maximum Gasteiger partial charge on any atom is 0.137 e. The van der Waals surface area contributed by atoms with Gasteiger partial charge in [-0.25, -0.2) is 5.43 Å². The fourth-order valence-corrected chi connectivity index (χ4v) is 2.08. The minimum atomic E-state index is -0.208. The first kappa shape index (κ1) is 14.3. The molecule has 3 N–H and O–H groups in total. The van der Waals surface area contributed by atoms with E-state index in [9.17, 15) is 0 Å². The second kappa shape index (κ2) is 6.88. The minimum absolute atomic E-state index is 0.208. The van der Waals surface area contributed by atoms with Crippen LogP contribution in [-0.4, -0.2) is 18.7 Å². The van der Waals surface area contributed by atoms with Gasteiger partial charge in [-0.1, -0.05) is 18.2 Å². The number of rotatable bonds is 6. The zero-order chi connectivity index (χ0) is 14.4. The van der Waals surface area contributed by atoms with Crippen LogP contribution >= 0.6 is 0 Å². The number of para-hydroxylation sites is 1. The molecule has 0 aliphatic carbocycles. The highest BCUT2D eigenvalue weighted by atomic mass is 16.5. The Morgan fingerprint density at radius 1 is 1.30 bits per heavy atom. The Kier molecular flexibility index (Phi) is 4.92. The van der Waals surface area contributed by atoms with Crippen molar-refractivity contribution >= 4 is 0 Å². The first-order valence-corrected chi connectivity index (χ1v) is 6.47. The van der Waals surface area contributed by atoms with E-state index >= 15 is 0 Å². The summed E-state index contributed by atoms with van der Waals surface area (Å²) in [5.41, 5.74) is 4.69. The standard InChI is InChI=1S/C15H19N3O2/c1-3-20-14-7-5-4-6-13(14)15(18-16)11-8-12(19-2)10-17-9-11/h4-10,15,18H,3,16H2,1-2H3. The van der Waals surface area contributed by atoms with Gasteiger partial charge in [0.25, 0.3) is 0 Å². The third-order valence-corrected chi connectivity index (χ3v) is 3.00. The quantitative estimate of drug-likeness (QED) is 0.622. The number of aromatic nitrogens is 1. The number of pyridine rings is 1. The van der Waals surface area contributed by atoms with Crippen molar-refractivity contribution in [3.05, 3.63) is 53.9 Å². The normalized spacial score (nSPS) is 11.9. The molecule has 0 fully saturated rings. The molecule has 0 aliphatic heterocycles. The number of nitrogens with one attached hydrogen (secondary N) is 1. The summed E-state index contributed by atoms with van der Waals surface area (Å²) in [6.07, 6.45) is 3.42. The summed E-state index contributed by atoms with van der Waals surface area (Å²) in [6, 6.07) is 9.49. The van der Waals surface area contributed by atoms with Crippen molar-refractivity contribution in [2.75, 3.05) is 13.7 Å². The van der Waals surface area contributed by atoms with Crippen molar-refractivity contribution in [1.29, 1.82) is 0 Å². The highest BCUT2D eigenvalue weighted by Gasteiger charge is 2.17. The van der Waals surface area contributed by atoms with Crippen molar-refractivity contribution in [2.24, 2.45) is 5.84 Å². The number of hydrogen-bond donors (Lipinski definition) is 2. The van der Waals surface area contributed by atoms with Crippen LogP contribution in [0.25, 0.3) is 0 Å². The minimum Gasteiger partial charge on any atom is -0.495 e. The molecule has 0 saturated heterocycles. The summed E-state index contributed by atoms with van der Waals surface area (Å²) in [5, 5.41) is 0. The van der Waals surface area contributed by atoms with Crippen LogP contribution in [0.1, 0.15) is 24.1 Å². The van der Waals surface area contributed by atoms with Crippen LogP contribution in [0.15, 0.2) is 42.7 Å². The molecule has 0 saturated carbocycles. The van der Waals surface area contributed by atoms with E-state index in [4.69, 9.17) is 15.3 Å². The Morgan fingerprint density at radius 2 is 2.10 bits per heavy atom. The summed E-state index contributed by atoms with van der Waals surface area (Å²) in [5.74, 6) is 7.22. The Morgan fingerprint density at radius 3 is 2.80 bits per heavy atom. The zero-order valence-electron chi connectivity index (χ0n) is 11.7. The first-order chi connectivity index (χ1) is 9.80. The van der Waals surface area contributed by atoms with Crippen LogP contribution in [0.5, 0.6) is 11.5 Å². The number of nitrogens with zero attached hydrogens (tertiary/aromatic N) is 1. The Labute approximate surface area is 118 Å².